The second-order valence-corrected chi connectivity index (χ2v) is 17.0. The van der Waals surface area contributed by atoms with Crippen LogP contribution < -0.4 is 20.3 Å². The van der Waals surface area contributed by atoms with Crippen LogP contribution in [0, 0.1) is 23.6 Å². The van der Waals surface area contributed by atoms with Crippen molar-refractivity contribution < 1.29 is 19.0 Å². The number of carboxylic acid groups (broad SMARTS) is 1. The molecule has 2 aliphatic heterocycles. The molecule has 13 heteroatoms. The molecular formula is C40H44FN7O3S2. The first kappa shape index (κ1) is 35.5. The van der Waals surface area contributed by atoms with Crippen LogP contribution in [0.3, 0.4) is 0 Å². The van der Waals surface area contributed by atoms with E-state index in [4.69, 9.17) is 21.2 Å². The predicted octanol–water partition coefficient (Wildman–Crippen LogP) is 7.64. The Kier molecular flexibility index (Phi) is 9.64. The topological polar surface area (TPSA) is 115 Å². The van der Waals surface area contributed by atoms with Crippen molar-refractivity contribution in [2.24, 2.45) is 10.5 Å². The maximum atomic E-state index is 15.2. The molecule has 0 radical (unpaired) electrons. The number of halogens is 1. The highest BCUT2D eigenvalue weighted by Gasteiger charge is 2.67. The lowest BCUT2D eigenvalue weighted by Crippen LogP contribution is -2.67. The molecule has 4 fully saturated rings. The van der Waals surface area contributed by atoms with Gasteiger partial charge in [-0.05, 0) is 117 Å². The summed E-state index contributed by atoms with van der Waals surface area (Å²) in [6.45, 7) is 5.02. The summed E-state index contributed by atoms with van der Waals surface area (Å²) in [4.78, 5) is 24.4. The zero-order valence-corrected chi connectivity index (χ0v) is 31.7. The Morgan fingerprint density at radius 2 is 2.00 bits per heavy atom. The molecule has 4 aromatic rings. The second-order valence-electron chi connectivity index (χ2n) is 14.9. The van der Waals surface area contributed by atoms with Crippen molar-refractivity contribution in [3.05, 3.63) is 75.6 Å². The molecule has 2 aromatic carbocycles. The number of hydrazone groups is 1. The van der Waals surface area contributed by atoms with Gasteiger partial charge in [0.05, 0.1) is 16.8 Å². The maximum Gasteiger partial charge on any atom is 0.355 e. The Labute approximate surface area is 317 Å². The van der Waals surface area contributed by atoms with Crippen LogP contribution in [0.2, 0.25) is 0 Å². The molecule has 2 aromatic heterocycles. The number of hydrogen-bond acceptors (Lipinski definition) is 11. The largest absolute Gasteiger partial charge is 0.491 e. The molecular weight excluding hydrogens is 710 g/mol. The summed E-state index contributed by atoms with van der Waals surface area (Å²) in [5.41, 5.74) is 4.80. The molecule has 9 rings (SSSR count). The van der Waals surface area contributed by atoms with Crippen LogP contribution in [0.5, 0.6) is 5.75 Å². The van der Waals surface area contributed by atoms with E-state index in [0.717, 1.165) is 95.9 Å². The second kappa shape index (κ2) is 14.4. The number of terminal acetylenes is 1. The van der Waals surface area contributed by atoms with E-state index < -0.39 is 5.97 Å². The number of anilines is 2. The molecule has 3 saturated carbocycles. The van der Waals surface area contributed by atoms with Gasteiger partial charge in [-0.1, -0.05) is 29.5 Å². The maximum absolute atomic E-state index is 15.2. The highest BCUT2D eigenvalue weighted by atomic mass is 32.1. The molecule has 3 aliphatic carbocycles. The zero-order chi connectivity index (χ0) is 36.7. The molecule has 4 heterocycles. The van der Waals surface area contributed by atoms with Crippen molar-refractivity contribution in [1.29, 1.82) is 0 Å². The fourth-order valence-electron chi connectivity index (χ4n) is 8.69. The first-order valence-electron chi connectivity index (χ1n) is 18.4. The quantitative estimate of drug-likeness (QED) is 0.0833. The van der Waals surface area contributed by atoms with Crippen LogP contribution in [-0.4, -0.2) is 71.3 Å². The predicted molar refractivity (Wildman–Crippen MR) is 210 cm³/mol. The minimum absolute atomic E-state index is 0.0487. The van der Waals surface area contributed by atoms with E-state index in [2.05, 4.69) is 34.5 Å². The number of unbranched alkanes of at least 4 members (excludes halogenated alkanes) is 1. The first-order valence-corrected chi connectivity index (χ1v) is 20.0. The van der Waals surface area contributed by atoms with Gasteiger partial charge >= 0.3 is 5.97 Å². The molecule has 0 spiro atoms. The number of likely N-dealkylation sites (N-methyl/N-ethyl adjacent to an activating group) is 1. The summed E-state index contributed by atoms with van der Waals surface area (Å²) in [5.74, 6) is 2.30. The van der Waals surface area contributed by atoms with Crippen molar-refractivity contribution in [2.75, 3.05) is 43.5 Å². The lowest BCUT2D eigenvalue weighted by atomic mass is 9.33. The minimum atomic E-state index is -1.06. The number of ether oxygens (including phenoxy) is 1. The van der Waals surface area contributed by atoms with Gasteiger partial charge in [-0.2, -0.15) is 5.10 Å². The third kappa shape index (κ3) is 6.77. The van der Waals surface area contributed by atoms with Gasteiger partial charge in [-0.25, -0.2) is 19.2 Å². The number of fused-ring (bicyclic) bond motifs is 2. The number of para-hydroxylation sites is 1. The van der Waals surface area contributed by atoms with Gasteiger partial charge < -0.3 is 25.4 Å². The average molecular weight is 754 g/mol. The normalized spacial score (nSPS) is 23.2. The molecule has 3 N–H and O–H groups in total. The first-order chi connectivity index (χ1) is 25.7. The highest BCUT2D eigenvalue weighted by Crippen LogP contribution is 2.73. The van der Waals surface area contributed by atoms with Gasteiger partial charge in [0, 0.05) is 31.4 Å². The number of piperidine rings is 1. The fourth-order valence-corrected chi connectivity index (χ4v) is 10.7. The molecule has 0 amide bonds. The van der Waals surface area contributed by atoms with Crippen molar-refractivity contribution in [2.45, 2.75) is 76.3 Å². The summed E-state index contributed by atoms with van der Waals surface area (Å²) >= 11 is 3.00. The number of rotatable bonds is 15. The molecule has 1 atom stereocenters. The monoisotopic (exact) mass is 753 g/mol. The third-order valence-corrected chi connectivity index (χ3v) is 13.3. The Balaban J connectivity index is 0.877. The van der Waals surface area contributed by atoms with Crippen LogP contribution in [0.25, 0.3) is 10.2 Å². The van der Waals surface area contributed by atoms with E-state index in [-0.39, 0.29) is 35.4 Å². The van der Waals surface area contributed by atoms with Gasteiger partial charge in [0.2, 0.25) is 0 Å². The van der Waals surface area contributed by atoms with Gasteiger partial charge in [0.15, 0.2) is 33.4 Å². The number of amidine groups is 1. The number of carbonyl (C=O) groups is 1. The van der Waals surface area contributed by atoms with E-state index in [0.29, 0.717) is 34.8 Å². The fraction of sp³-hybridized carbons (Fsp3) is 0.450. The zero-order valence-electron chi connectivity index (χ0n) is 30.1. The highest BCUT2D eigenvalue weighted by molar-refractivity contribution is 7.22. The number of nitrogens with one attached hydrogen (secondary N) is 2. The van der Waals surface area contributed by atoms with Crippen molar-refractivity contribution in [1.82, 2.24) is 20.3 Å². The summed E-state index contributed by atoms with van der Waals surface area (Å²) < 4.78 is 22.2. The van der Waals surface area contributed by atoms with E-state index in [1.54, 1.807) is 23.5 Å². The van der Waals surface area contributed by atoms with Crippen molar-refractivity contribution in [3.63, 3.8) is 0 Å². The van der Waals surface area contributed by atoms with E-state index >= 15 is 4.39 Å². The number of thiazole rings is 2. The third-order valence-electron chi connectivity index (χ3n) is 11.2. The molecule has 53 heavy (non-hydrogen) atoms. The number of carboxylic acids is 1. The van der Waals surface area contributed by atoms with E-state index in [1.165, 1.54) is 11.3 Å². The summed E-state index contributed by atoms with van der Waals surface area (Å²) in [7, 11) is 1.94. The lowest BCUT2D eigenvalue weighted by molar-refractivity contribution is -0.137. The van der Waals surface area contributed by atoms with Gasteiger partial charge in [0.1, 0.15) is 6.17 Å². The number of benzene rings is 2. The average Bonchev–Trinajstić information content (AvgIpc) is 3.73. The summed E-state index contributed by atoms with van der Waals surface area (Å²) in [6, 6.07) is 13.5. The molecule has 1 saturated heterocycles. The lowest BCUT2D eigenvalue weighted by Gasteiger charge is -2.71. The Hall–Kier alpha value is -4.51. The molecule has 10 nitrogen and oxygen atoms in total. The standard InChI is InChI=1S/C40H44FN7O3S2/c1-4-5-8-17-42-24-39-21-40(22-39,23-39)26-15-16-30(28(41)20-26)51-19-10-14-32-33(36(49)50)44-38(53-32)48-18-9-11-27-25(2)34(47(3)46-35(27)48)45-37-43-29-12-6-7-13-31(29)52-37/h1,6-7,12-13,15-16,20,34,42H,5,8-11,14,17-19,21-24H2,2-3H3,(H,43,45)(H,49,50). The number of nitrogens with zero attached hydrogens (tertiary/aromatic N) is 5. The van der Waals surface area contributed by atoms with Gasteiger partial charge in [-0.15, -0.1) is 23.7 Å². The SMILES string of the molecule is C#CCCCNCC12CC(c3ccc(OCCCc4sc(N5CCCC6=C(C)C(Nc7nc8ccccc8s7)N(C)N=C65)nc4C(=O)O)c(F)c3)(C1)C2. The molecule has 5 aliphatic rings. The van der Waals surface area contributed by atoms with Crippen LogP contribution in [0.15, 0.2) is 58.7 Å². The summed E-state index contributed by atoms with van der Waals surface area (Å²) in [5, 5.41) is 25.5. The van der Waals surface area contributed by atoms with Crippen LogP contribution in [0.1, 0.15) is 79.2 Å². The van der Waals surface area contributed by atoms with E-state index in [9.17, 15) is 9.90 Å². The smallest absolute Gasteiger partial charge is 0.355 e. The van der Waals surface area contributed by atoms with Crippen LogP contribution in [-0.2, 0) is 11.8 Å². The Morgan fingerprint density at radius 1 is 1.17 bits per heavy atom. The molecule has 276 valence electrons. The van der Waals surface area contributed by atoms with Crippen molar-refractivity contribution >= 4 is 55.0 Å². The van der Waals surface area contributed by atoms with Gasteiger partial charge in [0.25, 0.3) is 0 Å². The van der Waals surface area contributed by atoms with Crippen LogP contribution >= 0.6 is 22.7 Å². The molecule has 2 bridgehead atoms. The van der Waals surface area contributed by atoms with E-state index in [1.807, 2.05) is 41.2 Å². The Bertz CT molecular complexity index is 2100. The number of aromatic carboxylic acids is 1. The Morgan fingerprint density at radius 3 is 2.77 bits per heavy atom. The number of hydrogen-bond donors (Lipinski definition) is 3. The van der Waals surface area contributed by atoms with Gasteiger partial charge in [-0.3, -0.25) is 5.01 Å². The molecule has 1 unspecified atom stereocenters. The summed E-state index contributed by atoms with van der Waals surface area (Å²) in [6.07, 6.45) is 13.0. The number of aromatic nitrogens is 2. The van der Waals surface area contributed by atoms with Crippen LogP contribution in [0.4, 0.5) is 14.7 Å². The van der Waals surface area contributed by atoms with Crippen molar-refractivity contribution in [3.8, 4) is 18.1 Å². The number of aryl methyl sites for hydroxylation is 1. The minimum Gasteiger partial charge on any atom is -0.491 e.